The van der Waals surface area contributed by atoms with Crippen molar-refractivity contribution in [3.05, 3.63) is 24.3 Å². The zero-order valence-electron chi connectivity index (χ0n) is 8.22. The number of allylic oxidation sites excluding steroid dienone is 4. The second kappa shape index (κ2) is 10.8. The standard InChI is InChI=1S/C11H16Cl2O/c12-9-5-1-3-7-11(14)8-4-2-6-10-13/h1-4H,5-10H2. The van der Waals surface area contributed by atoms with Crippen LogP contribution in [-0.4, -0.2) is 17.5 Å². The van der Waals surface area contributed by atoms with Crippen LogP contribution in [0.4, 0.5) is 0 Å². The smallest absolute Gasteiger partial charge is 0.140 e. The summed E-state index contributed by atoms with van der Waals surface area (Å²) in [5, 5.41) is 0. The zero-order valence-corrected chi connectivity index (χ0v) is 9.73. The Balaban J connectivity index is 3.45. The Morgan fingerprint density at radius 2 is 1.29 bits per heavy atom. The molecule has 0 saturated carbocycles. The lowest BCUT2D eigenvalue weighted by molar-refractivity contribution is -0.117. The first-order valence-corrected chi connectivity index (χ1v) is 5.81. The molecule has 0 heterocycles. The van der Waals surface area contributed by atoms with Gasteiger partial charge in [0.25, 0.3) is 0 Å². The fourth-order valence-corrected chi connectivity index (χ4v) is 1.13. The van der Waals surface area contributed by atoms with Gasteiger partial charge in [-0.3, -0.25) is 4.79 Å². The molecule has 14 heavy (non-hydrogen) atoms. The van der Waals surface area contributed by atoms with Gasteiger partial charge < -0.3 is 0 Å². The van der Waals surface area contributed by atoms with Crippen LogP contribution in [-0.2, 0) is 4.79 Å². The number of hydrogen-bond acceptors (Lipinski definition) is 1. The van der Waals surface area contributed by atoms with Crippen molar-refractivity contribution < 1.29 is 4.79 Å². The Morgan fingerprint density at radius 1 is 0.857 bits per heavy atom. The van der Waals surface area contributed by atoms with Gasteiger partial charge in [0.05, 0.1) is 0 Å². The summed E-state index contributed by atoms with van der Waals surface area (Å²) in [6.07, 6.45) is 10.3. The van der Waals surface area contributed by atoms with Crippen LogP contribution in [0.5, 0.6) is 0 Å². The van der Waals surface area contributed by atoms with Crippen molar-refractivity contribution in [2.24, 2.45) is 0 Å². The lowest BCUT2D eigenvalue weighted by Gasteiger charge is -1.90. The van der Waals surface area contributed by atoms with E-state index in [1.165, 1.54) is 0 Å². The fourth-order valence-electron chi connectivity index (χ4n) is 0.875. The average molecular weight is 235 g/mol. The molecule has 0 aliphatic heterocycles. The predicted molar refractivity (Wildman–Crippen MR) is 63.2 cm³/mol. The van der Waals surface area contributed by atoms with Gasteiger partial charge in [-0.2, -0.15) is 0 Å². The van der Waals surface area contributed by atoms with E-state index in [-0.39, 0.29) is 5.78 Å². The maximum absolute atomic E-state index is 11.2. The first-order valence-electron chi connectivity index (χ1n) is 4.75. The summed E-state index contributed by atoms with van der Waals surface area (Å²) in [6, 6.07) is 0. The number of carbonyl (C=O) groups is 1. The van der Waals surface area contributed by atoms with Gasteiger partial charge in [-0.25, -0.2) is 0 Å². The molecule has 1 nitrogen and oxygen atoms in total. The lowest BCUT2D eigenvalue weighted by atomic mass is 10.2. The summed E-state index contributed by atoms with van der Waals surface area (Å²) in [6.45, 7) is 0. The number of halogens is 2. The molecule has 0 aromatic carbocycles. The van der Waals surface area contributed by atoms with E-state index >= 15 is 0 Å². The Bertz CT molecular complexity index is 177. The summed E-state index contributed by atoms with van der Waals surface area (Å²) >= 11 is 11.0. The Hall–Kier alpha value is -0.270. The van der Waals surface area contributed by atoms with Gasteiger partial charge in [0.15, 0.2) is 0 Å². The molecule has 0 amide bonds. The monoisotopic (exact) mass is 234 g/mol. The van der Waals surface area contributed by atoms with Crippen molar-refractivity contribution in [1.29, 1.82) is 0 Å². The third kappa shape index (κ3) is 9.82. The van der Waals surface area contributed by atoms with Crippen LogP contribution < -0.4 is 0 Å². The molecule has 0 atom stereocenters. The van der Waals surface area contributed by atoms with E-state index in [2.05, 4.69) is 0 Å². The fraction of sp³-hybridized carbons (Fsp3) is 0.545. The summed E-state index contributed by atoms with van der Waals surface area (Å²) in [7, 11) is 0. The molecular formula is C11H16Cl2O. The quantitative estimate of drug-likeness (QED) is 0.463. The Kier molecular flexibility index (Phi) is 10.6. The van der Waals surface area contributed by atoms with E-state index in [4.69, 9.17) is 23.2 Å². The summed E-state index contributed by atoms with van der Waals surface area (Å²) in [4.78, 5) is 11.2. The van der Waals surface area contributed by atoms with Gasteiger partial charge in [-0.1, -0.05) is 24.3 Å². The molecule has 0 bridgehead atoms. The molecule has 0 spiro atoms. The molecule has 0 radical (unpaired) electrons. The molecular weight excluding hydrogens is 219 g/mol. The minimum absolute atomic E-state index is 0.224. The number of carbonyl (C=O) groups excluding carboxylic acids is 1. The number of ketones is 1. The molecule has 0 saturated heterocycles. The molecule has 0 aliphatic carbocycles. The van der Waals surface area contributed by atoms with Crippen LogP contribution in [0.25, 0.3) is 0 Å². The van der Waals surface area contributed by atoms with Gasteiger partial charge in [-0.15, -0.1) is 23.2 Å². The molecule has 0 N–H and O–H groups in total. The van der Waals surface area contributed by atoms with Crippen LogP contribution in [0.3, 0.4) is 0 Å². The number of rotatable bonds is 8. The van der Waals surface area contributed by atoms with E-state index in [9.17, 15) is 4.79 Å². The minimum Gasteiger partial charge on any atom is -0.299 e. The van der Waals surface area contributed by atoms with Crippen molar-refractivity contribution in [3.8, 4) is 0 Å². The van der Waals surface area contributed by atoms with Gasteiger partial charge in [-0.05, 0) is 12.8 Å². The Labute approximate surface area is 95.8 Å². The maximum atomic E-state index is 11.2. The molecule has 80 valence electrons. The van der Waals surface area contributed by atoms with E-state index in [1.54, 1.807) is 0 Å². The van der Waals surface area contributed by atoms with Gasteiger partial charge in [0.1, 0.15) is 5.78 Å². The number of alkyl halides is 2. The molecule has 0 fully saturated rings. The van der Waals surface area contributed by atoms with Crippen molar-refractivity contribution in [2.45, 2.75) is 25.7 Å². The highest BCUT2D eigenvalue weighted by Crippen LogP contribution is 1.97. The highest BCUT2D eigenvalue weighted by Gasteiger charge is 1.94. The molecule has 0 aromatic rings. The van der Waals surface area contributed by atoms with Crippen LogP contribution in [0.15, 0.2) is 24.3 Å². The topological polar surface area (TPSA) is 17.1 Å². The van der Waals surface area contributed by atoms with Gasteiger partial charge >= 0.3 is 0 Å². The zero-order chi connectivity index (χ0) is 10.6. The van der Waals surface area contributed by atoms with Crippen molar-refractivity contribution >= 4 is 29.0 Å². The van der Waals surface area contributed by atoms with E-state index < -0.39 is 0 Å². The molecule has 0 aliphatic rings. The highest BCUT2D eigenvalue weighted by molar-refractivity contribution is 6.18. The third-order valence-corrected chi connectivity index (χ3v) is 2.01. The van der Waals surface area contributed by atoms with Crippen LogP contribution in [0.2, 0.25) is 0 Å². The van der Waals surface area contributed by atoms with Crippen molar-refractivity contribution in [3.63, 3.8) is 0 Å². The largest absolute Gasteiger partial charge is 0.299 e. The van der Waals surface area contributed by atoms with Gasteiger partial charge in [0.2, 0.25) is 0 Å². The maximum Gasteiger partial charge on any atom is 0.140 e. The molecule has 0 aromatic heterocycles. The lowest BCUT2D eigenvalue weighted by Crippen LogP contribution is -1.92. The summed E-state index contributed by atoms with van der Waals surface area (Å²) in [5.74, 6) is 1.45. The highest BCUT2D eigenvalue weighted by atomic mass is 35.5. The molecule has 0 unspecified atom stereocenters. The van der Waals surface area contributed by atoms with Crippen LogP contribution in [0, 0.1) is 0 Å². The van der Waals surface area contributed by atoms with Gasteiger partial charge in [0, 0.05) is 24.6 Å². The van der Waals surface area contributed by atoms with E-state index in [1.807, 2.05) is 24.3 Å². The first-order chi connectivity index (χ1) is 6.81. The molecule has 0 rings (SSSR count). The van der Waals surface area contributed by atoms with Crippen molar-refractivity contribution in [2.75, 3.05) is 11.8 Å². The SMILES string of the molecule is O=C(CC=CCCCl)CC=CCCCl. The molecule has 3 heteroatoms. The first kappa shape index (κ1) is 13.7. The minimum atomic E-state index is 0.224. The number of hydrogen-bond donors (Lipinski definition) is 0. The summed E-state index contributed by atoms with van der Waals surface area (Å²) in [5.41, 5.74) is 0. The summed E-state index contributed by atoms with van der Waals surface area (Å²) < 4.78 is 0. The second-order valence-corrected chi connectivity index (χ2v) is 3.60. The van der Waals surface area contributed by atoms with E-state index in [0.29, 0.717) is 24.6 Å². The second-order valence-electron chi connectivity index (χ2n) is 2.85. The Morgan fingerprint density at radius 3 is 1.64 bits per heavy atom. The van der Waals surface area contributed by atoms with Crippen LogP contribution in [0.1, 0.15) is 25.7 Å². The number of Topliss-reactive ketones (excluding diaryl/α,β-unsaturated/α-hetero) is 1. The normalized spacial score (nSPS) is 11.6. The van der Waals surface area contributed by atoms with E-state index in [0.717, 1.165) is 12.8 Å². The predicted octanol–water partition coefficient (Wildman–Crippen LogP) is 3.71. The third-order valence-electron chi connectivity index (χ3n) is 1.58. The van der Waals surface area contributed by atoms with Crippen molar-refractivity contribution in [1.82, 2.24) is 0 Å². The van der Waals surface area contributed by atoms with Crippen LogP contribution >= 0.6 is 23.2 Å². The average Bonchev–Trinajstić information content (AvgIpc) is 2.19.